The van der Waals surface area contributed by atoms with Crippen LogP contribution in [-0.2, 0) is 0 Å². The van der Waals surface area contributed by atoms with E-state index < -0.39 is 0 Å². The first-order chi connectivity index (χ1) is 14.1. The Balaban J connectivity index is 1.72. The van der Waals surface area contributed by atoms with Crippen LogP contribution < -0.4 is 15.8 Å². The van der Waals surface area contributed by atoms with Gasteiger partial charge in [0.05, 0.1) is 34.6 Å². The van der Waals surface area contributed by atoms with Crippen LogP contribution in [-0.4, -0.2) is 21.1 Å². The molecule has 0 radical (unpaired) electrons. The number of nitrogen functional groups attached to an aromatic ring is 1. The number of anilines is 3. The lowest BCUT2D eigenvalue weighted by Crippen LogP contribution is -1.99. The highest BCUT2D eigenvalue weighted by Gasteiger charge is 2.13. The minimum absolute atomic E-state index is 0.398. The van der Waals surface area contributed by atoms with Gasteiger partial charge in [0.25, 0.3) is 0 Å². The first-order valence-electron chi connectivity index (χ1n) is 8.48. The molecule has 0 saturated heterocycles. The van der Waals surface area contributed by atoms with Crippen molar-refractivity contribution in [1.82, 2.24) is 13.9 Å². The number of methoxy groups -OCH3 is 1. The maximum atomic E-state index is 9.54. The van der Waals surface area contributed by atoms with Crippen LogP contribution >= 0.6 is 23.5 Å². The highest BCUT2D eigenvalue weighted by molar-refractivity contribution is 7.98. The maximum Gasteiger partial charge on any atom is 0.143 e. The Morgan fingerprint density at radius 1 is 1.31 bits per heavy atom. The second-order valence-electron chi connectivity index (χ2n) is 6.05. The van der Waals surface area contributed by atoms with Crippen LogP contribution in [0.1, 0.15) is 5.56 Å². The summed E-state index contributed by atoms with van der Waals surface area (Å²) in [5.74, 6) is 0.532. The van der Waals surface area contributed by atoms with Crippen molar-refractivity contribution < 1.29 is 4.74 Å². The fraction of sp³-hybridized carbons (Fsp3) is 0.0500. The van der Waals surface area contributed by atoms with E-state index in [2.05, 4.69) is 21.4 Å². The number of nitrogens with one attached hydrogen (secondary N) is 1. The van der Waals surface area contributed by atoms with Gasteiger partial charge in [-0.3, -0.25) is 8.96 Å². The van der Waals surface area contributed by atoms with E-state index >= 15 is 0 Å². The SMILES string of the molecule is COc1cc2ncc(C#N)c(Nc3ccc(Sn4ccnc4)c(Cl)c3)c2cc1N. The summed E-state index contributed by atoms with van der Waals surface area (Å²) in [5, 5.41) is 14.1. The number of ether oxygens (including phenoxy) is 1. The molecule has 9 heteroatoms. The Morgan fingerprint density at radius 2 is 2.17 bits per heavy atom. The Hall–Kier alpha value is -3.41. The molecule has 2 aromatic heterocycles. The largest absolute Gasteiger partial charge is 0.495 e. The molecule has 2 heterocycles. The van der Waals surface area contributed by atoms with Crippen molar-refractivity contribution in [3.05, 3.63) is 65.8 Å². The van der Waals surface area contributed by atoms with Crippen molar-refractivity contribution in [3.63, 3.8) is 0 Å². The number of nitrogens with zero attached hydrogens (tertiary/aromatic N) is 4. The minimum Gasteiger partial charge on any atom is -0.495 e. The standard InChI is InChI=1S/C20H15ClN6OS/c1-28-18-8-17-14(7-16(18)23)20(12(9-22)10-25-17)26-13-2-3-19(15(21)6-13)29-27-5-4-24-11-27/h2-8,10-11H,23H2,1H3,(H,25,26). The average Bonchev–Trinajstić information content (AvgIpc) is 3.23. The zero-order valence-electron chi connectivity index (χ0n) is 15.3. The topological polar surface area (TPSA) is 102 Å². The normalized spacial score (nSPS) is 10.7. The van der Waals surface area contributed by atoms with E-state index in [1.807, 2.05) is 22.3 Å². The van der Waals surface area contributed by atoms with Crippen molar-refractivity contribution in [2.45, 2.75) is 4.90 Å². The summed E-state index contributed by atoms with van der Waals surface area (Å²) in [5.41, 5.74) is 8.94. The fourth-order valence-electron chi connectivity index (χ4n) is 2.84. The molecule has 0 atom stereocenters. The third-order valence-corrected chi connectivity index (χ3v) is 5.63. The Kier molecular flexibility index (Phi) is 5.16. The molecule has 0 aliphatic rings. The molecule has 0 fully saturated rings. The minimum atomic E-state index is 0.398. The summed E-state index contributed by atoms with van der Waals surface area (Å²) < 4.78 is 7.12. The van der Waals surface area contributed by atoms with E-state index in [1.54, 1.807) is 37.8 Å². The molecule has 4 aromatic rings. The Bertz CT molecular complexity index is 1240. The molecule has 0 bridgehead atoms. The van der Waals surface area contributed by atoms with Crippen LogP contribution in [0.15, 0.2) is 60.1 Å². The molecular weight excluding hydrogens is 408 g/mol. The molecule has 0 saturated carbocycles. The Labute approximate surface area is 176 Å². The number of benzene rings is 2. The highest BCUT2D eigenvalue weighted by atomic mass is 35.5. The summed E-state index contributed by atoms with van der Waals surface area (Å²) in [6.07, 6.45) is 6.77. The molecule has 7 nitrogen and oxygen atoms in total. The van der Waals surface area contributed by atoms with Crippen LogP contribution in [0, 0.1) is 11.3 Å². The van der Waals surface area contributed by atoms with Gasteiger partial charge in [-0.25, -0.2) is 4.98 Å². The first-order valence-corrected chi connectivity index (χ1v) is 9.63. The predicted molar refractivity (Wildman–Crippen MR) is 116 cm³/mol. The van der Waals surface area contributed by atoms with E-state index in [1.165, 1.54) is 18.1 Å². The molecule has 0 aliphatic carbocycles. The number of hydrogen-bond donors (Lipinski definition) is 2. The predicted octanol–water partition coefficient (Wildman–Crippen LogP) is 4.85. The van der Waals surface area contributed by atoms with Gasteiger partial charge in [0.15, 0.2) is 0 Å². The summed E-state index contributed by atoms with van der Waals surface area (Å²) >= 11 is 7.91. The quantitative estimate of drug-likeness (QED) is 0.443. The van der Waals surface area contributed by atoms with Gasteiger partial charge in [0.1, 0.15) is 18.1 Å². The third kappa shape index (κ3) is 3.78. The van der Waals surface area contributed by atoms with E-state index in [0.29, 0.717) is 33.2 Å². The number of halogens is 1. The monoisotopic (exact) mass is 422 g/mol. The lowest BCUT2D eigenvalue weighted by molar-refractivity contribution is 0.417. The van der Waals surface area contributed by atoms with Crippen molar-refractivity contribution in [2.75, 3.05) is 18.2 Å². The Morgan fingerprint density at radius 3 is 2.86 bits per heavy atom. The number of hydrogen-bond acceptors (Lipinski definition) is 7. The summed E-state index contributed by atoms with van der Waals surface area (Å²) in [6.45, 7) is 0. The number of aromatic nitrogens is 3. The van der Waals surface area contributed by atoms with Crippen LogP contribution in [0.5, 0.6) is 5.75 Å². The van der Waals surface area contributed by atoms with Gasteiger partial charge < -0.3 is 15.8 Å². The first kappa shape index (κ1) is 18.9. The van der Waals surface area contributed by atoms with Crippen LogP contribution in [0.25, 0.3) is 10.9 Å². The molecule has 144 valence electrons. The van der Waals surface area contributed by atoms with Gasteiger partial charge in [0.2, 0.25) is 0 Å². The molecule has 4 rings (SSSR count). The fourth-order valence-corrected chi connectivity index (χ4v) is 3.85. The van der Waals surface area contributed by atoms with Gasteiger partial charge in [-0.15, -0.1) is 0 Å². The van der Waals surface area contributed by atoms with Crippen LogP contribution in [0.4, 0.5) is 17.1 Å². The lowest BCUT2D eigenvalue weighted by atomic mass is 10.1. The number of rotatable bonds is 5. The maximum absolute atomic E-state index is 9.54. The van der Waals surface area contributed by atoms with Crippen LogP contribution in [0.2, 0.25) is 5.02 Å². The molecule has 2 aromatic carbocycles. The number of fused-ring (bicyclic) bond motifs is 1. The van der Waals surface area contributed by atoms with Gasteiger partial charge in [-0.2, -0.15) is 5.26 Å². The molecule has 0 spiro atoms. The zero-order valence-corrected chi connectivity index (χ0v) is 16.8. The van der Waals surface area contributed by atoms with Gasteiger partial charge in [0, 0.05) is 40.6 Å². The number of nitriles is 1. The number of pyridine rings is 1. The molecule has 0 aliphatic heterocycles. The van der Waals surface area contributed by atoms with Crippen molar-refractivity contribution in [2.24, 2.45) is 0 Å². The summed E-state index contributed by atoms with van der Waals surface area (Å²) in [4.78, 5) is 9.24. The number of nitrogens with two attached hydrogens (primary N) is 1. The number of imidazole rings is 1. The molecular formula is C20H15ClN6OS. The van der Waals surface area contributed by atoms with E-state index in [0.717, 1.165) is 16.0 Å². The van der Waals surface area contributed by atoms with Crippen molar-refractivity contribution in [1.29, 1.82) is 5.26 Å². The summed E-state index contributed by atoms with van der Waals surface area (Å²) in [6, 6.07) is 11.3. The second kappa shape index (κ2) is 7.91. The average molecular weight is 423 g/mol. The van der Waals surface area contributed by atoms with Crippen molar-refractivity contribution >= 4 is 51.5 Å². The molecule has 0 unspecified atom stereocenters. The van der Waals surface area contributed by atoms with Gasteiger partial charge in [-0.05, 0) is 36.2 Å². The molecule has 3 N–H and O–H groups in total. The van der Waals surface area contributed by atoms with Crippen LogP contribution in [0.3, 0.4) is 0 Å². The smallest absolute Gasteiger partial charge is 0.143 e. The van der Waals surface area contributed by atoms with E-state index in [9.17, 15) is 5.26 Å². The molecule has 29 heavy (non-hydrogen) atoms. The summed E-state index contributed by atoms with van der Waals surface area (Å²) in [7, 11) is 1.55. The molecule has 0 amide bonds. The highest BCUT2D eigenvalue weighted by Crippen LogP contribution is 2.36. The zero-order chi connectivity index (χ0) is 20.4. The van der Waals surface area contributed by atoms with Gasteiger partial charge in [-0.1, -0.05) is 11.6 Å². The van der Waals surface area contributed by atoms with Crippen molar-refractivity contribution in [3.8, 4) is 11.8 Å². The van der Waals surface area contributed by atoms with E-state index in [4.69, 9.17) is 22.1 Å². The van der Waals surface area contributed by atoms with Gasteiger partial charge >= 0.3 is 0 Å². The lowest BCUT2D eigenvalue weighted by Gasteiger charge is -2.14. The van der Waals surface area contributed by atoms with E-state index in [-0.39, 0.29) is 0 Å². The second-order valence-corrected chi connectivity index (χ2v) is 7.51. The third-order valence-electron chi connectivity index (χ3n) is 4.23.